The third-order valence-corrected chi connectivity index (χ3v) is 7.57. The first kappa shape index (κ1) is 18.6. The number of benzene rings is 1. The van der Waals surface area contributed by atoms with E-state index in [1.165, 1.54) is 41.0 Å². The first-order valence-corrected chi connectivity index (χ1v) is 11.5. The number of hydrogen-bond acceptors (Lipinski definition) is 4. The molecule has 4 nitrogen and oxygen atoms in total. The van der Waals surface area contributed by atoms with Gasteiger partial charge in [-0.2, -0.15) is 0 Å². The molecule has 150 valence electrons. The zero-order chi connectivity index (χ0) is 19.8. The van der Waals surface area contributed by atoms with Crippen LogP contribution in [0, 0.1) is 5.92 Å². The number of aryl methyl sites for hydroxylation is 2. The highest BCUT2D eigenvalue weighted by molar-refractivity contribution is 7.21. The second-order valence-corrected chi connectivity index (χ2v) is 9.42. The second-order valence-electron chi connectivity index (χ2n) is 8.42. The minimum Gasteiger partial charge on any atom is -0.397 e. The minimum absolute atomic E-state index is 0.0848. The molecular weight excluding hydrogens is 378 g/mol. The van der Waals surface area contributed by atoms with Crippen molar-refractivity contribution >= 4 is 33.1 Å². The van der Waals surface area contributed by atoms with Crippen molar-refractivity contribution < 1.29 is 4.79 Å². The van der Waals surface area contributed by atoms with Gasteiger partial charge in [0.2, 0.25) is 0 Å². The van der Waals surface area contributed by atoms with Gasteiger partial charge < -0.3 is 10.6 Å². The molecule has 2 aromatic heterocycles. The summed E-state index contributed by atoms with van der Waals surface area (Å²) < 4.78 is 0. The standard InChI is InChI=1S/C24H27N3OS/c25-21-19-15-18-8-4-5-9-20(18)26-23(19)29-22(21)24(28)27-12-10-17(11-13-27)14-16-6-2-1-3-7-16/h1-3,6-7,15,17H,4-5,8-14,25H2. The van der Waals surface area contributed by atoms with E-state index in [9.17, 15) is 4.79 Å². The molecule has 5 rings (SSSR count). The maximum atomic E-state index is 13.2. The van der Waals surface area contributed by atoms with Gasteiger partial charge >= 0.3 is 0 Å². The van der Waals surface area contributed by atoms with E-state index in [1.54, 1.807) is 0 Å². The molecule has 1 aliphatic heterocycles. The van der Waals surface area contributed by atoms with Gasteiger partial charge in [-0.3, -0.25) is 4.79 Å². The molecule has 1 saturated heterocycles. The normalized spacial score (nSPS) is 17.4. The van der Waals surface area contributed by atoms with Crippen LogP contribution in [0.4, 0.5) is 5.69 Å². The zero-order valence-corrected chi connectivity index (χ0v) is 17.5. The van der Waals surface area contributed by atoms with Crippen molar-refractivity contribution in [2.45, 2.75) is 44.9 Å². The Bertz CT molecular complexity index is 1040. The van der Waals surface area contributed by atoms with Crippen molar-refractivity contribution in [2.24, 2.45) is 5.92 Å². The fourth-order valence-corrected chi connectivity index (χ4v) is 5.81. The lowest BCUT2D eigenvalue weighted by Gasteiger charge is -2.32. The Labute approximate surface area is 175 Å². The third-order valence-electron chi connectivity index (χ3n) is 6.46. The highest BCUT2D eigenvalue weighted by atomic mass is 32.1. The van der Waals surface area contributed by atoms with Crippen molar-refractivity contribution in [1.82, 2.24) is 9.88 Å². The van der Waals surface area contributed by atoms with E-state index < -0.39 is 0 Å². The van der Waals surface area contributed by atoms with Gasteiger partial charge in [0.15, 0.2) is 0 Å². The molecule has 0 unspecified atom stereocenters. The van der Waals surface area contributed by atoms with Crippen molar-refractivity contribution in [3.63, 3.8) is 0 Å². The number of likely N-dealkylation sites (tertiary alicyclic amines) is 1. The van der Waals surface area contributed by atoms with Crippen LogP contribution in [-0.4, -0.2) is 28.9 Å². The van der Waals surface area contributed by atoms with Crippen LogP contribution in [0.15, 0.2) is 36.4 Å². The summed E-state index contributed by atoms with van der Waals surface area (Å²) in [6.45, 7) is 1.63. The lowest BCUT2D eigenvalue weighted by Crippen LogP contribution is -2.38. The van der Waals surface area contributed by atoms with Crippen molar-refractivity contribution in [3.05, 3.63) is 58.1 Å². The number of hydrogen-bond donors (Lipinski definition) is 1. The Morgan fingerprint density at radius 2 is 1.90 bits per heavy atom. The van der Waals surface area contributed by atoms with Crippen LogP contribution in [0.2, 0.25) is 0 Å². The average molecular weight is 406 g/mol. The van der Waals surface area contributed by atoms with E-state index in [-0.39, 0.29) is 5.91 Å². The van der Waals surface area contributed by atoms with Crippen LogP contribution >= 0.6 is 11.3 Å². The van der Waals surface area contributed by atoms with Crippen molar-refractivity contribution in [3.8, 4) is 0 Å². The van der Waals surface area contributed by atoms with Crippen molar-refractivity contribution in [1.29, 1.82) is 0 Å². The summed E-state index contributed by atoms with van der Waals surface area (Å²) in [6, 6.07) is 12.8. The Hall–Kier alpha value is -2.40. The number of anilines is 1. The molecule has 29 heavy (non-hydrogen) atoms. The minimum atomic E-state index is 0.0848. The predicted octanol–water partition coefficient (Wildman–Crippen LogP) is 4.85. The summed E-state index contributed by atoms with van der Waals surface area (Å²) in [5.74, 6) is 0.733. The van der Waals surface area contributed by atoms with Crippen LogP contribution in [0.3, 0.4) is 0 Å². The molecule has 0 saturated carbocycles. The Balaban J connectivity index is 1.31. The molecule has 3 heterocycles. The van der Waals surface area contributed by atoms with E-state index in [4.69, 9.17) is 10.7 Å². The number of nitrogens with two attached hydrogens (primary N) is 1. The second kappa shape index (κ2) is 7.79. The van der Waals surface area contributed by atoms with Gasteiger partial charge in [0.25, 0.3) is 5.91 Å². The number of thiophene rings is 1. The first-order chi connectivity index (χ1) is 14.2. The number of rotatable bonds is 3. The van der Waals surface area contributed by atoms with Crippen LogP contribution in [0.1, 0.15) is 52.2 Å². The molecule has 0 atom stereocenters. The molecule has 1 amide bonds. The zero-order valence-electron chi connectivity index (χ0n) is 16.7. The molecule has 1 fully saturated rings. The number of piperidine rings is 1. The smallest absolute Gasteiger partial charge is 0.266 e. The van der Waals surface area contributed by atoms with Crippen molar-refractivity contribution in [2.75, 3.05) is 18.8 Å². The molecular formula is C24H27N3OS. The topological polar surface area (TPSA) is 59.2 Å². The molecule has 1 aliphatic carbocycles. The van der Waals surface area contributed by atoms with E-state index >= 15 is 0 Å². The van der Waals surface area contributed by atoms with E-state index in [0.29, 0.717) is 16.5 Å². The molecule has 0 spiro atoms. The number of carbonyl (C=O) groups is 1. The number of nitrogens with zero attached hydrogens (tertiary/aromatic N) is 2. The molecule has 0 radical (unpaired) electrons. The van der Waals surface area contributed by atoms with E-state index in [1.807, 2.05) is 4.90 Å². The van der Waals surface area contributed by atoms with Gasteiger partial charge in [0, 0.05) is 24.2 Å². The molecule has 5 heteroatoms. The van der Waals surface area contributed by atoms with E-state index in [0.717, 1.165) is 55.4 Å². The lowest BCUT2D eigenvalue weighted by atomic mass is 9.90. The lowest BCUT2D eigenvalue weighted by molar-refractivity contribution is 0.0696. The highest BCUT2D eigenvalue weighted by Crippen LogP contribution is 2.36. The quantitative estimate of drug-likeness (QED) is 0.677. The summed E-state index contributed by atoms with van der Waals surface area (Å²) in [5, 5.41) is 0.970. The molecule has 1 aromatic carbocycles. The third kappa shape index (κ3) is 3.64. The number of carbonyl (C=O) groups excluding carboxylic acids is 1. The summed E-state index contributed by atoms with van der Waals surface area (Å²) in [6.07, 6.45) is 7.75. The number of pyridine rings is 1. The van der Waals surface area contributed by atoms with Gasteiger partial charge in [0.05, 0.1) is 5.69 Å². The average Bonchev–Trinajstić information content (AvgIpc) is 3.08. The van der Waals surface area contributed by atoms with Crippen LogP contribution in [0.25, 0.3) is 10.2 Å². The monoisotopic (exact) mass is 405 g/mol. The Morgan fingerprint density at radius 3 is 2.69 bits per heavy atom. The first-order valence-electron chi connectivity index (χ1n) is 10.7. The molecule has 2 N–H and O–H groups in total. The van der Waals surface area contributed by atoms with Gasteiger partial charge in [-0.25, -0.2) is 4.98 Å². The Kier molecular flexibility index (Phi) is 5.00. The Morgan fingerprint density at radius 1 is 1.14 bits per heavy atom. The summed E-state index contributed by atoms with van der Waals surface area (Å²) in [5.41, 5.74) is 11.0. The fraction of sp³-hybridized carbons (Fsp3) is 0.417. The molecule has 0 bridgehead atoms. The summed E-state index contributed by atoms with van der Waals surface area (Å²) >= 11 is 1.47. The van der Waals surface area contributed by atoms with Crippen LogP contribution in [-0.2, 0) is 19.3 Å². The fourth-order valence-electron chi connectivity index (χ4n) is 4.75. The predicted molar refractivity (Wildman–Crippen MR) is 119 cm³/mol. The van der Waals surface area contributed by atoms with Crippen LogP contribution in [0.5, 0.6) is 0 Å². The number of amides is 1. The van der Waals surface area contributed by atoms with E-state index in [2.05, 4.69) is 36.4 Å². The summed E-state index contributed by atoms with van der Waals surface area (Å²) in [7, 11) is 0. The van der Waals surface area contributed by atoms with Gasteiger partial charge in [-0.05, 0) is 68.1 Å². The number of aromatic nitrogens is 1. The van der Waals surface area contributed by atoms with Crippen LogP contribution < -0.4 is 5.73 Å². The largest absolute Gasteiger partial charge is 0.397 e. The maximum Gasteiger partial charge on any atom is 0.266 e. The maximum absolute atomic E-state index is 13.2. The molecule has 2 aliphatic rings. The SMILES string of the molecule is Nc1c(C(=O)N2CCC(Cc3ccccc3)CC2)sc2nc3c(cc12)CCCC3. The van der Waals surface area contributed by atoms with Gasteiger partial charge in [-0.1, -0.05) is 30.3 Å². The van der Waals surface area contributed by atoms with Gasteiger partial charge in [0.1, 0.15) is 9.71 Å². The highest BCUT2D eigenvalue weighted by Gasteiger charge is 2.27. The number of fused-ring (bicyclic) bond motifs is 2. The number of nitrogen functional groups attached to an aromatic ring is 1. The van der Waals surface area contributed by atoms with Gasteiger partial charge in [-0.15, -0.1) is 11.3 Å². The molecule has 3 aromatic rings. The summed E-state index contributed by atoms with van der Waals surface area (Å²) in [4.78, 5) is 21.6.